The Labute approximate surface area is 72.3 Å². The molecule has 0 saturated heterocycles. The minimum Gasteiger partial charge on any atom is -0.786 e. The molecule has 0 saturated carbocycles. The molecule has 0 bridgehead atoms. The summed E-state index contributed by atoms with van der Waals surface area (Å²) in [5.41, 5.74) is 0. The van der Waals surface area contributed by atoms with Gasteiger partial charge in [0.25, 0.3) is 0 Å². The molecule has 0 aromatic carbocycles. The SMILES string of the molecule is CC(C)OP([O-])O.[Na+]. The maximum absolute atomic E-state index is 9.74. The standard InChI is InChI=1S/C3H8O3P.Na/c1-3(2)6-7(4)5;/h3-4H,1-2H3;/q-1;+1. The molecular weight excluding hydrogens is 138 g/mol. The molecule has 1 N–H and O–H groups in total. The van der Waals surface area contributed by atoms with Gasteiger partial charge in [0.05, 0.1) is 14.7 Å². The van der Waals surface area contributed by atoms with E-state index in [1.165, 1.54) is 0 Å². The predicted octanol–water partition coefficient (Wildman–Crippen LogP) is -3.01. The fraction of sp³-hybridized carbons (Fsp3) is 1.00. The topological polar surface area (TPSA) is 52.5 Å². The molecule has 0 fully saturated rings. The van der Waals surface area contributed by atoms with Crippen molar-refractivity contribution in [3.05, 3.63) is 0 Å². The maximum Gasteiger partial charge on any atom is 1.00 e. The minimum absolute atomic E-state index is 0. The molecule has 1 unspecified atom stereocenters. The Kier molecular flexibility index (Phi) is 9.67. The number of rotatable bonds is 2. The van der Waals surface area contributed by atoms with E-state index in [9.17, 15) is 4.89 Å². The normalized spacial score (nSPS) is 13.1. The average molecular weight is 146 g/mol. The van der Waals surface area contributed by atoms with Crippen LogP contribution in [0.3, 0.4) is 0 Å². The van der Waals surface area contributed by atoms with Crippen molar-refractivity contribution in [1.29, 1.82) is 0 Å². The summed E-state index contributed by atoms with van der Waals surface area (Å²) >= 11 is 0. The van der Waals surface area contributed by atoms with Gasteiger partial charge in [0.1, 0.15) is 0 Å². The fourth-order valence-electron chi connectivity index (χ4n) is 0.180. The van der Waals surface area contributed by atoms with E-state index in [1.807, 2.05) is 0 Å². The average Bonchev–Trinajstić information content (AvgIpc) is 1.27. The quantitative estimate of drug-likeness (QED) is 0.333. The van der Waals surface area contributed by atoms with Gasteiger partial charge in [-0.15, -0.1) is 0 Å². The Morgan fingerprint density at radius 3 is 2.00 bits per heavy atom. The van der Waals surface area contributed by atoms with E-state index in [2.05, 4.69) is 4.52 Å². The van der Waals surface area contributed by atoms with E-state index >= 15 is 0 Å². The van der Waals surface area contributed by atoms with Crippen molar-refractivity contribution in [2.45, 2.75) is 20.0 Å². The maximum atomic E-state index is 9.74. The molecule has 0 heterocycles. The minimum atomic E-state index is -2.39. The molecule has 3 nitrogen and oxygen atoms in total. The third-order valence-electron chi connectivity index (χ3n) is 0.301. The van der Waals surface area contributed by atoms with Crippen LogP contribution in [-0.4, -0.2) is 11.0 Å². The van der Waals surface area contributed by atoms with Crippen LogP contribution in [0.25, 0.3) is 0 Å². The van der Waals surface area contributed by atoms with Gasteiger partial charge in [-0.1, -0.05) is 0 Å². The molecule has 0 aromatic heterocycles. The summed E-state index contributed by atoms with van der Waals surface area (Å²) in [5, 5.41) is 0. The van der Waals surface area contributed by atoms with Crippen molar-refractivity contribution in [3.63, 3.8) is 0 Å². The molecule has 0 spiro atoms. The largest absolute Gasteiger partial charge is 1.00 e. The van der Waals surface area contributed by atoms with Crippen LogP contribution in [-0.2, 0) is 4.52 Å². The first-order chi connectivity index (χ1) is 3.13. The van der Waals surface area contributed by atoms with Gasteiger partial charge in [0, 0.05) is 0 Å². The Balaban J connectivity index is 0. The summed E-state index contributed by atoms with van der Waals surface area (Å²) in [4.78, 5) is 17.7. The molecule has 0 aliphatic rings. The second kappa shape index (κ2) is 6.43. The molecule has 8 heavy (non-hydrogen) atoms. The van der Waals surface area contributed by atoms with E-state index in [1.54, 1.807) is 13.8 Å². The van der Waals surface area contributed by atoms with Crippen LogP contribution in [0, 0.1) is 0 Å². The van der Waals surface area contributed by atoms with Crippen LogP contribution in [0.1, 0.15) is 13.8 Å². The zero-order valence-electron chi connectivity index (χ0n) is 5.29. The van der Waals surface area contributed by atoms with Gasteiger partial charge in [-0.25, -0.2) is 0 Å². The van der Waals surface area contributed by atoms with Crippen molar-refractivity contribution in [2.75, 3.05) is 0 Å². The van der Waals surface area contributed by atoms with Crippen LogP contribution in [0.4, 0.5) is 0 Å². The first-order valence-corrected chi connectivity index (χ1v) is 3.09. The van der Waals surface area contributed by atoms with Gasteiger partial charge in [-0.3, -0.25) is 0 Å². The van der Waals surface area contributed by atoms with E-state index < -0.39 is 8.60 Å². The van der Waals surface area contributed by atoms with Gasteiger partial charge in [-0.05, 0) is 13.8 Å². The van der Waals surface area contributed by atoms with Crippen LogP contribution in [0.15, 0.2) is 0 Å². The molecule has 0 amide bonds. The van der Waals surface area contributed by atoms with Crippen LogP contribution >= 0.6 is 8.60 Å². The molecule has 0 aliphatic carbocycles. The third kappa shape index (κ3) is 10.3. The van der Waals surface area contributed by atoms with Crippen LogP contribution < -0.4 is 34.5 Å². The van der Waals surface area contributed by atoms with Crippen LogP contribution in [0.5, 0.6) is 0 Å². The van der Waals surface area contributed by atoms with Gasteiger partial charge in [0.15, 0.2) is 0 Å². The summed E-state index contributed by atoms with van der Waals surface area (Å²) in [6, 6.07) is 0. The summed E-state index contributed by atoms with van der Waals surface area (Å²) in [6.07, 6.45) is -0.159. The monoisotopic (exact) mass is 146 g/mol. The predicted molar refractivity (Wildman–Crippen MR) is 25.4 cm³/mol. The van der Waals surface area contributed by atoms with Crippen molar-refractivity contribution in [3.8, 4) is 0 Å². The molecule has 0 aromatic rings. The van der Waals surface area contributed by atoms with Crippen molar-refractivity contribution < 1.29 is 43.9 Å². The Morgan fingerprint density at radius 2 is 2.00 bits per heavy atom. The van der Waals surface area contributed by atoms with Crippen molar-refractivity contribution in [1.82, 2.24) is 0 Å². The van der Waals surface area contributed by atoms with Crippen molar-refractivity contribution in [2.24, 2.45) is 0 Å². The van der Waals surface area contributed by atoms with E-state index in [0.29, 0.717) is 0 Å². The summed E-state index contributed by atoms with van der Waals surface area (Å²) < 4.78 is 4.31. The Hall–Kier alpha value is 1.31. The molecule has 44 valence electrons. The molecule has 0 radical (unpaired) electrons. The van der Waals surface area contributed by atoms with E-state index in [-0.39, 0.29) is 35.7 Å². The van der Waals surface area contributed by atoms with E-state index in [4.69, 9.17) is 4.89 Å². The third-order valence-corrected chi connectivity index (χ3v) is 0.903. The molecule has 0 rings (SSSR count). The first kappa shape index (κ1) is 12.0. The number of hydrogen-bond donors (Lipinski definition) is 1. The molecular formula is C3H8NaO3P. The van der Waals surface area contributed by atoms with Crippen LogP contribution in [0.2, 0.25) is 0 Å². The Bertz CT molecular complexity index is 43.8. The fourth-order valence-corrected chi connectivity index (χ4v) is 0.541. The van der Waals surface area contributed by atoms with Gasteiger partial charge in [0.2, 0.25) is 0 Å². The van der Waals surface area contributed by atoms with Crippen molar-refractivity contribution >= 4 is 8.60 Å². The number of hydrogen-bond acceptors (Lipinski definition) is 3. The Morgan fingerprint density at radius 1 is 1.62 bits per heavy atom. The van der Waals surface area contributed by atoms with Gasteiger partial charge < -0.3 is 14.3 Å². The first-order valence-electron chi connectivity index (χ1n) is 1.96. The second-order valence-electron chi connectivity index (χ2n) is 1.39. The summed E-state index contributed by atoms with van der Waals surface area (Å²) in [5.74, 6) is 0. The zero-order valence-corrected chi connectivity index (χ0v) is 8.18. The smallest absolute Gasteiger partial charge is 0.786 e. The van der Waals surface area contributed by atoms with Gasteiger partial charge in [-0.2, -0.15) is 0 Å². The molecule has 5 heteroatoms. The molecule has 0 aliphatic heterocycles. The van der Waals surface area contributed by atoms with E-state index in [0.717, 1.165) is 0 Å². The summed E-state index contributed by atoms with van der Waals surface area (Å²) in [7, 11) is -2.39. The zero-order chi connectivity index (χ0) is 5.86. The second-order valence-corrected chi connectivity index (χ2v) is 2.08. The molecule has 1 atom stereocenters. The van der Waals surface area contributed by atoms with Gasteiger partial charge >= 0.3 is 29.6 Å². The summed E-state index contributed by atoms with van der Waals surface area (Å²) in [6.45, 7) is 3.40.